The topological polar surface area (TPSA) is 143 Å². The molecule has 2 N–H and O–H groups in total. The lowest BCUT2D eigenvalue weighted by atomic mass is 9.74. The Labute approximate surface area is 264 Å². The minimum atomic E-state index is -0.543. The number of benzene rings is 2. The molecule has 2 fully saturated rings. The summed E-state index contributed by atoms with van der Waals surface area (Å²) in [5.41, 5.74) is 6.77. The lowest BCUT2D eigenvalue weighted by molar-refractivity contribution is 0.0402. The number of carbonyl (C=O) groups is 2. The summed E-state index contributed by atoms with van der Waals surface area (Å²) in [4.78, 5) is 39.4. The number of ether oxygens (including phenoxy) is 1. The van der Waals surface area contributed by atoms with Crippen molar-refractivity contribution in [1.82, 2.24) is 29.5 Å². The van der Waals surface area contributed by atoms with Crippen LogP contribution in [0.5, 0.6) is 5.75 Å². The number of likely N-dealkylation sites (tertiary alicyclic amines) is 1. The van der Waals surface area contributed by atoms with Crippen molar-refractivity contribution in [3.63, 3.8) is 0 Å². The molecule has 3 unspecified atom stereocenters. The van der Waals surface area contributed by atoms with E-state index < -0.39 is 11.4 Å². The molecule has 2 aromatic heterocycles. The highest BCUT2D eigenvalue weighted by Gasteiger charge is 2.53. The van der Waals surface area contributed by atoms with Crippen molar-refractivity contribution in [2.45, 2.75) is 38.3 Å². The molecule has 0 bridgehead atoms. The Hall–Kier alpha value is -3.99. The van der Waals surface area contributed by atoms with E-state index in [1.165, 1.54) is 18.5 Å². The van der Waals surface area contributed by atoms with Crippen LogP contribution in [0.3, 0.4) is 0 Å². The molecule has 11 nitrogen and oxygen atoms in total. The minimum absolute atomic E-state index is 0.00859. The van der Waals surface area contributed by atoms with Crippen LogP contribution in [-0.2, 0) is 0 Å². The summed E-state index contributed by atoms with van der Waals surface area (Å²) < 4.78 is 22.1. The molecule has 3 aliphatic heterocycles. The van der Waals surface area contributed by atoms with Crippen LogP contribution in [0.4, 0.5) is 14.3 Å². The van der Waals surface area contributed by atoms with E-state index in [2.05, 4.69) is 15.1 Å². The number of nitrogens with two attached hydrogens (primary N) is 1. The zero-order valence-electron chi connectivity index (χ0n) is 23.6. The van der Waals surface area contributed by atoms with E-state index in [9.17, 15) is 14.0 Å². The quantitative estimate of drug-likeness (QED) is 0.285. The Bertz CT molecular complexity index is 1920. The smallest absolute Gasteiger partial charge is 0.346 e. The van der Waals surface area contributed by atoms with Gasteiger partial charge in [-0.05, 0) is 50.3 Å². The fourth-order valence-corrected chi connectivity index (χ4v) is 8.46. The van der Waals surface area contributed by atoms with Gasteiger partial charge in [0.15, 0.2) is 10.9 Å². The number of halogens is 3. The number of anilines is 1. The van der Waals surface area contributed by atoms with E-state index in [1.807, 2.05) is 24.8 Å². The molecule has 0 saturated carbocycles. The first-order chi connectivity index (χ1) is 21.0. The summed E-state index contributed by atoms with van der Waals surface area (Å²) in [7, 11) is 0. The van der Waals surface area contributed by atoms with Crippen LogP contribution < -0.4 is 10.5 Å². The van der Waals surface area contributed by atoms with Gasteiger partial charge in [0.05, 0.1) is 32.4 Å². The van der Waals surface area contributed by atoms with E-state index in [4.69, 9.17) is 38.9 Å². The molecular formula is C29H25Cl2FN8O3S. The van der Waals surface area contributed by atoms with Gasteiger partial charge in [0.1, 0.15) is 18.2 Å². The average Bonchev–Trinajstić information content (AvgIpc) is 3.70. The fraction of sp³-hybridized carbons (Fsp3) is 0.379. The maximum Gasteiger partial charge on any atom is 0.346 e. The summed E-state index contributed by atoms with van der Waals surface area (Å²) in [5, 5.41) is 13.6. The molecule has 3 atom stereocenters. The van der Waals surface area contributed by atoms with Gasteiger partial charge in [0, 0.05) is 42.2 Å². The lowest BCUT2D eigenvalue weighted by Crippen LogP contribution is -2.57. The highest BCUT2D eigenvalue weighted by Crippen LogP contribution is 2.49. The minimum Gasteiger partial charge on any atom is -0.491 e. The van der Waals surface area contributed by atoms with Crippen molar-refractivity contribution in [2.75, 3.05) is 25.4 Å². The number of carbonyl (C=O) groups excluding carboxylic acids is 2. The van der Waals surface area contributed by atoms with Crippen LogP contribution >= 0.6 is 34.5 Å². The summed E-state index contributed by atoms with van der Waals surface area (Å²) >= 11 is 14.7. The van der Waals surface area contributed by atoms with Gasteiger partial charge in [0.2, 0.25) is 0 Å². The number of nitrogen functional groups attached to an aromatic ring is 1. The standard InChI is InChI=1S/C29H25Cl2FN8O3S/c1-29(2)8-16-13(11-39(29)28(42)40-12-35-20(9-33)37-40)10-38-19(16)5-6-43-24-15(26(38)41)7-17(30)21(22(24)31)14-3-4-18(32)25-23(14)36-27(34)44-25/h3-4,7,12-13,16,19H,5-6,8,10-11H2,1-2H3,(H2,34,36). The second-order valence-electron chi connectivity index (χ2n) is 11.9. The average molecular weight is 656 g/mol. The Balaban J connectivity index is 1.22. The van der Waals surface area contributed by atoms with Crippen LogP contribution in [0.15, 0.2) is 24.5 Å². The van der Waals surface area contributed by atoms with E-state index in [-0.39, 0.29) is 66.8 Å². The first-order valence-corrected chi connectivity index (χ1v) is 15.5. The maximum atomic E-state index is 14.5. The summed E-state index contributed by atoms with van der Waals surface area (Å²) in [6.45, 7) is 5.12. The largest absolute Gasteiger partial charge is 0.491 e. The predicted molar refractivity (Wildman–Crippen MR) is 162 cm³/mol. The molecule has 44 heavy (non-hydrogen) atoms. The molecule has 5 heterocycles. The summed E-state index contributed by atoms with van der Waals surface area (Å²) in [6.07, 6.45) is 2.47. The molecule has 0 radical (unpaired) electrons. The fourth-order valence-electron chi connectivity index (χ4n) is 6.98. The number of piperidine rings is 1. The van der Waals surface area contributed by atoms with Crippen LogP contribution in [-0.4, -0.2) is 72.8 Å². The van der Waals surface area contributed by atoms with Gasteiger partial charge in [-0.25, -0.2) is 19.2 Å². The van der Waals surface area contributed by atoms with Crippen molar-refractivity contribution in [1.29, 1.82) is 5.26 Å². The SMILES string of the molecule is CC1(C)CC2C(CN3C(=O)c4cc(Cl)c(-c5ccc(F)c6sc(N)nc56)c(Cl)c4OCCC23)CN1C(=O)n1cnc(C#N)n1. The van der Waals surface area contributed by atoms with Gasteiger partial charge in [0.25, 0.3) is 11.7 Å². The highest BCUT2D eigenvalue weighted by atomic mass is 35.5. The van der Waals surface area contributed by atoms with Gasteiger partial charge >= 0.3 is 6.03 Å². The first kappa shape index (κ1) is 28.8. The number of nitriles is 1. The molecule has 226 valence electrons. The van der Waals surface area contributed by atoms with Crippen LogP contribution in [0, 0.1) is 29.0 Å². The second-order valence-corrected chi connectivity index (χ2v) is 13.7. The number of fused-ring (bicyclic) bond motifs is 5. The monoisotopic (exact) mass is 654 g/mol. The van der Waals surface area contributed by atoms with E-state index in [1.54, 1.807) is 11.0 Å². The number of thiazole rings is 1. The van der Waals surface area contributed by atoms with E-state index >= 15 is 0 Å². The number of rotatable bonds is 1. The third-order valence-electron chi connectivity index (χ3n) is 8.94. The van der Waals surface area contributed by atoms with Crippen molar-refractivity contribution in [3.05, 3.63) is 51.8 Å². The van der Waals surface area contributed by atoms with Gasteiger partial charge in [-0.3, -0.25) is 4.79 Å². The molecule has 4 aromatic rings. The van der Waals surface area contributed by atoms with Crippen LogP contribution in [0.25, 0.3) is 21.3 Å². The zero-order chi connectivity index (χ0) is 31.1. The Morgan fingerprint density at radius 1 is 1.27 bits per heavy atom. The maximum absolute atomic E-state index is 14.5. The van der Waals surface area contributed by atoms with Crippen molar-refractivity contribution < 1.29 is 18.7 Å². The molecule has 0 aliphatic carbocycles. The Kier molecular flexibility index (Phi) is 6.73. The van der Waals surface area contributed by atoms with Crippen molar-refractivity contribution >= 4 is 61.8 Å². The summed E-state index contributed by atoms with van der Waals surface area (Å²) in [6, 6.07) is 5.76. The Morgan fingerprint density at radius 3 is 2.82 bits per heavy atom. The van der Waals surface area contributed by atoms with E-state index in [0.29, 0.717) is 49.2 Å². The molecule has 2 amide bonds. The molecule has 3 aliphatic rings. The van der Waals surface area contributed by atoms with E-state index in [0.717, 1.165) is 16.0 Å². The van der Waals surface area contributed by atoms with Crippen molar-refractivity contribution in [2.24, 2.45) is 11.8 Å². The van der Waals surface area contributed by atoms with Gasteiger partial charge in [-0.2, -0.15) is 9.94 Å². The first-order valence-electron chi connectivity index (χ1n) is 13.9. The molecular weight excluding hydrogens is 630 g/mol. The van der Waals surface area contributed by atoms with Crippen LogP contribution in [0.2, 0.25) is 10.0 Å². The third-order valence-corrected chi connectivity index (χ3v) is 10.5. The zero-order valence-corrected chi connectivity index (χ0v) is 25.9. The lowest BCUT2D eigenvalue weighted by Gasteiger charge is -2.47. The highest BCUT2D eigenvalue weighted by molar-refractivity contribution is 7.22. The third kappa shape index (κ3) is 4.38. The number of hydrogen-bond donors (Lipinski definition) is 1. The number of amides is 2. The Morgan fingerprint density at radius 2 is 2.07 bits per heavy atom. The molecule has 15 heteroatoms. The summed E-state index contributed by atoms with van der Waals surface area (Å²) in [5.74, 6) is -0.457. The number of aromatic nitrogens is 4. The number of hydrogen-bond acceptors (Lipinski definition) is 9. The second kappa shape index (κ2) is 10.3. The number of nitrogens with zero attached hydrogens (tertiary/aromatic N) is 7. The molecule has 2 aromatic carbocycles. The van der Waals surface area contributed by atoms with Crippen LogP contribution in [0.1, 0.15) is 42.9 Å². The normalized spacial score (nSPS) is 22.5. The van der Waals surface area contributed by atoms with Gasteiger partial charge < -0.3 is 20.3 Å². The van der Waals surface area contributed by atoms with Gasteiger partial charge in [-0.15, -0.1) is 5.10 Å². The molecule has 2 saturated heterocycles. The van der Waals surface area contributed by atoms with Gasteiger partial charge in [-0.1, -0.05) is 34.5 Å². The molecule has 0 spiro atoms. The van der Waals surface area contributed by atoms with Crippen molar-refractivity contribution in [3.8, 4) is 22.9 Å². The predicted octanol–water partition coefficient (Wildman–Crippen LogP) is 5.45. The molecule has 7 rings (SSSR count).